The van der Waals surface area contributed by atoms with Gasteiger partial charge in [-0.15, -0.1) is 0 Å². The van der Waals surface area contributed by atoms with Crippen molar-refractivity contribution in [3.05, 3.63) is 36.2 Å². The zero-order chi connectivity index (χ0) is 12.3. The monoisotopic (exact) mass is 231 g/mol. The first kappa shape index (κ1) is 11.8. The quantitative estimate of drug-likeness (QED) is 0.878. The molecule has 0 amide bonds. The van der Waals surface area contributed by atoms with Gasteiger partial charge in [0.1, 0.15) is 0 Å². The van der Waals surface area contributed by atoms with Gasteiger partial charge in [0, 0.05) is 11.6 Å². The van der Waals surface area contributed by atoms with Crippen molar-refractivity contribution in [2.24, 2.45) is 5.73 Å². The Balaban J connectivity index is 2.22. The summed E-state index contributed by atoms with van der Waals surface area (Å²) in [6, 6.07) is 9.83. The minimum Gasteiger partial charge on any atom is -0.339 e. The summed E-state index contributed by atoms with van der Waals surface area (Å²) in [7, 11) is 0. The smallest absolute Gasteiger partial charge is 0.231 e. The van der Waals surface area contributed by atoms with Crippen LogP contribution in [0.15, 0.2) is 34.9 Å². The molecule has 2 unspecified atom stereocenters. The van der Waals surface area contributed by atoms with Gasteiger partial charge in [0.25, 0.3) is 0 Å². The molecule has 4 heteroatoms. The van der Waals surface area contributed by atoms with E-state index in [4.69, 9.17) is 10.3 Å². The highest BCUT2D eigenvalue weighted by Crippen LogP contribution is 2.21. The fourth-order valence-electron chi connectivity index (χ4n) is 1.66. The maximum atomic E-state index is 5.97. The minimum atomic E-state index is 0.0547. The van der Waals surface area contributed by atoms with Crippen LogP contribution < -0.4 is 5.73 Å². The Morgan fingerprint density at radius 1 is 1.29 bits per heavy atom. The largest absolute Gasteiger partial charge is 0.339 e. The molecule has 1 aromatic carbocycles. The maximum absolute atomic E-state index is 5.97. The Bertz CT molecular complexity index is 467. The molecule has 0 radical (unpaired) electrons. The number of hydrogen-bond acceptors (Lipinski definition) is 4. The molecular weight excluding hydrogens is 214 g/mol. The van der Waals surface area contributed by atoms with Crippen molar-refractivity contribution < 1.29 is 4.52 Å². The molecule has 0 aliphatic carbocycles. The van der Waals surface area contributed by atoms with Gasteiger partial charge in [-0.2, -0.15) is 4.98 Å². The third-order valence-electron chi connectivity index (χ3n) is 2.98. The van der Waals surface area contributed by atoms with E-state index in [0.717, 1.165) is 12.0 Å². The Morgan fingerprint density at radius 3 is 2.65 bits per heavy atom. The topological polar surface area (TPSA) is 64.9 Å². The second-order valence-electron chi connectivity index (χ2n) is 4.18. The van der Waals surface area contributed by atoms with Crippen molar-refractivity contribution in [1.29, 1.82) is 0 Å². The van der Waals surface area contributed by atoms with E-state index in [1.54, 1.807) is 0 Å². The molecule has 90 valence electrons. The minimum absolute atomic E-state index is 0.0547. The highest BCUT2D eigenvalue weighted by Gasteiger charge is 2.20. The first-order valence-electron chi connectivity index (χ1n) is 5.87. The van der Waals surface area contributed by atoms with Crippen LogP contribution >= 0.6 is 0 Å². The molecule has 17 heavy (non-hydrogen) atoms. The van der Waals surface area contributed by atoms with Crippen LogP contribution in [0, 0.1) is 0 Å². The summed E-state index contributed by atoms with van der Waals surface area (Å²) in [6.07, 6.45) is 0.893. The molecule has 0 fully saturated rings. The average Bonchev–Trinajstić information content (AvgIpc) is 2.87. The molecular formula is C13H17N3O. The fraction of sp³-hybridized carbons (Fsp3) is 0.385. The molecule has 4 nitrogen and oxygen atoms in total. The van der Waals surface area contributed by atoms with Gasteiger partial charge in [-0.25, -0.2) is 0 Å². The van der Waals surface area contributed by atoms with E-state index >= 15 is 0 Å². The van der Waals surface area contributed by atoms with E-state index in [1.807, 2.05) is 37.3 Å². The Hall–Kier alpha value is -1.68. The zero-order valence-corrected chi connectivity index (χ0v) is 10.1. The Morgan fingerprint density at radius 2 is 2.00 bits per heavy atom. The predicted octanol–water partition coefficient (Wildman–Crippen LogP) is 2.58. The van der Waals surface area contributed by atoms with E-state index in [9.17, 15) is 0 Å². The lowest BCUT2D eigenvalue weighted by atomic mass is 10.0. The van der Waals surface area contributed by atoms with Crippen molar-refractivity contribution >= 4 is 0 Å². The molecule has 2 aromatic rings. The summed E-state index contributed by atoms with van der Waals surface area (Å²) in [5.41, 5.74) is 6.93. The van der Waals surface area contributed by atoms with Crippen molar-refractivity contribution in [1.82, 2.24) is 10.1 Å². The first-order valence-corrected chi connectivity index (χ1v) is 5.87. The van der Waals surface area contributed by atoms with Crippen molar-refractivity contribution in [2.45, 2.75) is 32.2 Å². The number of nitrogens with zero attached hydrogens (tertiary/aromatic N) is 2. The van der Waals surface area contributed by atoms with E-state index in [1.165, 1.54) is 0 Å². The molecule has 0 saturated carbocycles. The summed E-state index contributed by atoms with van der Waals surface area (Å²) in [5, 5.41) is 3.98. The van der Waals surface area contributed by atoms with Gasteiger partial charge in [-0.3, -0.25) is 0 Å². The fourth-order valence-corrected chi connectivity index (χ4v) is 1.66. The number of benzene rings is 1. The summed E-state index contributed by atoms with van der Waals surface area (Å²) >= 11 is 0. The van der Waals surface area contributed by atoms with Crippen LogP contribution in [0.5, 0.6) is 0 Å². The second kappa shape index (κ2) is 5.10. The van der Waals surface area contributed by atoms with Crippen LogP contribution in [0.25, 0.3) is 11.4 Å². The SMILES string of the molecule is CCC(N)C(C)c1nc(-c2ccccc2)no1. The molecule has 2 N–H and O–H groups in total. The van der Waals surface area contributed by atoms with Gasteiger partial charge >= 0.3 is 0 Å². The number of hydrogen-bond donors (Lipinski definition) is 1. The molecule has 0 saturated heterocycles. The number of rotatable bonds is 4. The van der Waals surface area contributed by atoms with Crippen LogP contribution in [0.2, 0.25) is 0 Å². The molecule has 0 spiro atoms. The second-order valence-corrected chi connectivity index (χ2v) is 4.18. The third kappa shape index (κ3) is 2.53. The molecule has 1 heterocycles. The lowest BCUT2D eigenvalue weighted by molar-refractivity contribution is 0.340. The maximum Gasteiger partial charge on any atom is 0.231 e. The van der Waals surface area contributed by atoms with Gasteiger partial charge in [-0.05, 0) is 6.42 Å². The van der Waals surface area contributed by atoms with E-state index in [0.29, 0.717) is 11.7 Å². The van der Waals surface area contributed by atoms with Crippen molar-refractivity contribution in [3.8, 4) is 11.4 Å². The van der Waals surface area contributed by atoms with Crippen LogP contribution in [0.4, 0.5) is 0 Å². The normalized spacial score (nSPS) is 14.5. The molecule has 2 rings (SSSR count). The van der Waals surface area contributed by atoms with Gasteiger partial charge < -0.3 is 10.3 Å². The molecule has 0 aliphatic rings. The standard InChI is InChI=1S/C13H17N3O/c1-3-11(14)9(2)13-15-12(16-17-13)10-7-5-4-6-8-10/h4-9,11H,3,14H2,1-2H3. The summed E-state index contributed by atoms with van der Waals surface area (Å²) in [5.74, 6) is 1.32. The van der Waals surface area contributed by atoms with Crippen molar-refractivity contribution in [3.63, 3.8) is 0 Å². The highest BCUT2D eigenvalue weighted by molar-refractivity contribution is 5.53. The van der Waals surface area contributed by atoms with Gasteiger partial charge in [0.05, 0.1) is 5.92 Å². The third-order valence-corrected chi connectivity index (χ3v) is 2.98. The van der Waals surface area contributed by atoms with Crippen LogP contribution in [-0.2, 0) is 0 Å². The van der Waals surface area contributed by atoms with Gasteiger partial charge in [0.15, 0.2) is 0 Å². The lowest BCUT2D eigenvalue weighted by Crippen LogP contribution is -2.25. The summed E-state index contributed by atoms with van der Waals surface area (Å²) < 4.78 is 5.26. The predicted molar refractivity (Wildman–Crippen MR) is 66.4 cm³/mol. The lowest BCUT2D eigenvalue weighted by Gasteiger charge is -2.13. The van der Waals surface area contributed by atoms with Gasteiger partial charge in [0.2, 0.25) is 11.7 Å². The highest BCUT2D eigenvalue weighted by atomic mass is 16.5. The van der Waals surface area contributed by atoms with E-state index in [-0.39, 0.29) is 12.0 Å². The zero-order valence-electron chi connectivity index (χ0n) is 10.1. The van der Waals surface area contributed by atoms with Crippen LogP contribution in [0.3, 0.4) is 0 Å². The molecule has 0 aliphatic heterocycles. The summed E-state index contributed by atoms with van der Waals surface area (Å²) in [4.78, 5) is 4.39. The van der Waals surface area contributed by atoms with Crippen molar-refractivity contribution in [2.75, 3.05) is 0 Å². The first-order chi connectivity index (χ1) is 8.22. The van der Waals surface area contributed by atoms with E-state index in [2.05, 4.69) is 17.1 Å². The van der Waals surface area contributed by atoms with Gasteiger partial charge in [-0.1, -0.05) is 49.3 Å². The summed E-state index contributed by atoms with van der Waals surface area (Å²) in [6.45, 7) is 4.06. The average molecular weight is 231 g/mol. The molecule has 1 aromatic heterocycles. The molecule has 2 atom stereocenters. The number of nitrogens with two attached hydrogens (primary N) is 1. The van der Waals surface area contributed by atoms with E-state index < -0.39 is 0 Å². The number of aromatic nitrogens is 2. The van der Waals surface area contributed by atoms with Crippen LogP contribution in [-0.4, -0.2) is 16.2 Å². The Kier molecular flexibility index (Phi) is 3.54. The Labute approximate surface area is 101 Å². The van der Waals surface area contributed by atoms with Crippen LogP contribution in [0.1, 0.15) is 32.1 Å². The molecule has 0 bridgehead atoms.